The number of hydrogen-bond acceptors (Lipinski definition) is 5. The number of rotatable bonds is 5. The van der Waals surface area contributed by atoms with Gasteiger partial charge >= 0.3 is 0 Å². The van der Waals surface area contributed by atoms with Crippen LogP contribution in [0, 0.1) is 0 Å². The van der Waals surface area contributed by atoms with Crippen molar-refractivity contribution in [2.75, 3.05) is 63.9 Å². The molecule has 0 aromatic carbocycles. The predicted molar refractivity (Wildman–Crippen MR) is 125 cm³/mol. The number of carbonyl (C=O) groups excluding carboxylic acids is 1. The monoisotopic (exact) mass is 519 g/mol. The lowest BCUT2D eigenvalue weighted by atomic mass is 10.0. The van der Waals surface area contributed by atoms with E-state index in [1.807, 2.05) is 25.1 Å². The standard InChI is InChI=1S/C19H33N7O2.HI/c1-5-20-18(21-6-7-25-10-11-28-15-19(25,2)3)24-8-9-26(17(27)14-24)16-12-22-23(4)13-16;/h12-13H,5-11,14-15H2,1-4H3,(H,20,21);1H. The number of aliphatic imine (C=N–C) groups is 1. The number of morpholine rings is 1. The fourth-order valence-corrected chi connectivity index (χ4v) is 3.68. The Morgan fingerprint density at radius 1 is 1.34 bits per heavy atom. The molecule has 0 unspecified atom stereocenters. The second-order valence-electron chi connectivity index (χ2n) is 7.93. The number of carbonyl (C=O) groups is 1. The molecular formula is C19H34IN7O2. The van der Waals surface area contributed by atoms with Gasteiger partial charge in [-0.15, -0.1) is 24.0 Å². The zero-order valence-corrected chi connectivity index (χ0v) is 20.3. The van der Waals surface area contributed by atoms with Gasteiger partial charge in [0.05, 0.1) is 31.6 Å². The smallest absolute Gasteiger partial charge is 0.246 e. The molecule has 29 heavy (non-hydrogen) atoms. The Labute approximate surface area is 190 Å². The van der Waals surface area contributed by atoms with E-state index < -0.39 is 0 Å². The summed E-state index contributed by atoms with van der Waals surface area (Å²) in [6.07, 6.45) is 3.61. The van der Waals surface area contributed by atoms with Crippen molar-refractivity contribution in [3.05, 3.63) is 12.4 Å². The molecule has 2 aliphatic heterocycles. The number of hydrogen-bond donors (Lipinski definition) is 1. The van der Waals surface area contributed by atoms with Crippen molar-refractivity contribution >= 4 is 41.5 Å². The molecule has 0 atom stereocenters. The summed E-state index contributed by atoms with van der Waals surface area (Å²) in [5.74, 6) is 0.881. The van der Waals surface area contributed by atoms with Crippen LogP contribution in [0.4, 0.5) is 5.69 Å². The zero-order valence-electron chi connectivity index (χ0n) is 17.9. The van der Waals surface area contributed by atoms with Gasteiger partial charge in [-0.05, 0) is 20.8 Å². The SMILES string of the molecule is CCNC(=NCCN1CCOCC1(C)C)N1CCN(c2cnn(C)c2)C(=O)C1.I. The van der Waals surface area contributed by atoms with Crippen LogP contribution in [0.15, 0.2) is 17.4 Å². The molecule has 1 amide bonds. The van der Waals surface area contributed by atoms with Crippen LogP contribution in [-0.2, 0) is 16.6 Å². The number of halogens is 1. The van der Waals surface area contributed by atoms with Gasteiger partial charge < -0.3 is 19.9 Å². The van der Waals surface area contributed by atoms with Gasteiger partial charge in [-0.1, -0.05) is 0 Å². The second kappa shape index (κ2) is 10.6. The molecule has 164 valence electrons. The number of ether oxygens (including phenoxy) is 1. The van der Waals surface area contributed by atoms with Gasteiger partial charge in [-0.2, -0.15) is 5.10 Å². The van der Waals surface area contributed by atoms with Crippen LogP contribution in [0.5, 0.6) is 0 Å². The van der Waals surface area contributed by atoms with Crippen LogP contribution < -0.4 is 10.2 Å². The number of guanidine groups is 1. The number of piperazine rings is 1. The third-order valence-electron chi connectivity index (χ3n) is 5.31. The maximum Gasteiger partial charge on any atom is 0.246 e. The van der Waals surface area contributed by atoms with Crippen LogP contribution in [-0.4, -0.2) is 96.0 Å². The number of anilines is 1. The van der Waals surface area contributed by atoms with Gasteiger partial charge in [0.1, 0.15) is 6.54 Å². The van der Waals surface area contributed by atoms with E-state index >= 15 is 0 Å². The Morgan fingerprint density at radius 3 is 2.76 bits per heavy atom. The minimum Gasteiger partial charge on any atom is -0.378 e. The van der Waals surface area contributed by atoms with Crippen molar-refractivity contribution in [3.8, 4) is 0 Å². The average Bonchev–Trinajstić information content (AvgIpc) is 3.08. The topological polar surface area (TPSA) is 78.2 Å². The maximum absolute atomic E-state index is 12.7. The Bertz CT molecular complexity index is 706. The van der Waals surface area contributed by atoms with Crippen molar-refractivity contribution in [2.24, 2.45) is 12.0 Å². The Morgan fingerprint density at radius 2 is 2.14 bits per heavy atom. The quantitative estimate of drug-likeness (QED) is 0.352. The molecule has 0 radical (unpaired) electrons. The molecule has 0 saturated carbocycles. The zero-order chi connectivity index (χ0) is 20.1. The van der Waals surface area contributed by atoms with Crippen molar-refractivity contribution in [1.29, 1.82) is 0 Å². The van der Waals surface area contributed by atoms with Gasteiger partial charge in [0.15, 0.2) is 5.96 Å². The minimum atomic E-state index is 0. The average molecular weight is 519 g/mol. The van der Waals surface area contributed by atoms with E-state index in [0.717, 1.165) is 51.0 Å². The predicted octanol–water partition coefficient (Wildman–Crippen LogP) is 0.763. The molecule has 0 aliphatic carbocycles. The third-order valence-corrected chi connectivity index (χ3v) is 5.31. The molecule has 1 N–H and O–H groups in total. The highest BCUT2D eigenvalue weighted by atomic mass is 127. The number of amides is 1. The molecule has 10 heteroatoms. The summed E-state index contributed by atoms with van der Waals surface area (Å²) in [5.41, 5.74) is 0.890. The Hall–Kier alpha value is -1.40. The molecule has 0 bridgehead atoms. The van der Waals surface area contributed by atoms with Crippen LogP contribution in [0.2, 0.25) is 0 Å². The van der Waals surface area contributed by atoms with Crippen LogP contribution in [0.25, 0.3) is 0 Å². The molecule has 1 aromatic rings. The lowest BCUT2D eigenvalue weighted by Gasteiger charge is -2.42. The molecule has 9 nitrogen and oxygen atoms in total. The van der Waals surface area contributed by atoms with Gasteiger partial charge in [0.2, 0.25) is 5.91 Å². The molecule has 2 aliphatic rings. The largest absolute Gasteiger partial charge is 0.378 e. The van der Waals surface area contributed by atoms with Gasteiger partial charge in [0, 0.05) is 51.5 Å². The number of nitrogens with zero attached hydrogens (tertiary/aromatic N) is 6. The molecule has 2 saturated heterocycles. The summed E-state index contributed by atoms with van der Waals surface area (Å²) in [7, 11) is 1.86. The van der Waals surface area contributed by atoms with E-state index in [-0.39, 0.29) is 35.4 Å². The first-order valence-corrected chi connectivity index (χ1v) is 10.1. The Kier molecular flexibility index (Phi) is 8.71. The van der Waals surface area contributed by atoms with Crippen LogP contribution >= 0.6 is 24.0 Å². The first-order valence-electron chi connectivity index (χ1n) is 10.1. The van der Waals surface area contributed by atoms with Crippen LogP contribution in [0.1, 0.15) is 20.8 Å². The third kappa shape index (κ3) is 6.05. The molecule has 3 heterocycles. The Balaban J connectivity index is 0.00000300. The lowest BCUT2D eigenvalue weighted by molar-refractivity contribution is -0.120. The fourth-order valence-electron chi connectivity index (χ4n) is 3.68. The molecule has 2 fully saturated rings. The summed E-state index contributed by atoms with van der Waals surface area (Å²) in [6.45, 7) is 13.0. The summed E-state index contributed by atoms with van der Waals surface area (Å²) >= 11 is 0. The fraction of sp³-hybridized carbons (Fsp3) is 0.737. The van der Waals surface area contributed by atoms with Crippen LogP contribution in [0.3, 0.4) is 0 Å². The van der Waals surface area contributed by atoms with E-state index in [4.69, 9.17) is 9.73 Å². The van der Waals surface area contributed by atoms with Crippen molar-refractivity contribution in [3.63, 3.8) is 0 Å². The van der Waals surface area contributed by atoms with Gasteiger partial charge in [-0.3, -0.25) is 19.4 Å². The number of aryl methyl sites for hydroxylation is 1. The van der Waals surface area contributed by atoms with Gasteiger partial charge in [0.25, 0.3) is 0 Å². The highest BCUT2D eigenvalue weighted by Crippen LogP contribution is 2.18. The lowest BCUT2D eigenvalue weighted by Crippen LogP contribution is -2.56. The van der Waals surface area contributed by atoms with Gasteiger partial charge in [-0.25, -0.2) is 0 Å². The summed E-state index contributed by atoms with van der Waals surface area (Å²) in [6, 6.07) is 0. The number of aromatic nitrogens is 2. The first-order chi connectivity index (χ1) is 13.4. The van der Waals surface area contributed by atoms with E-state index in [2.05, 4.69) is 29.2 Å². The van der Waals surface area contributed by atoms with E-state index in [1.165, 1.54) is 0 Å². The summed E-state index contributed by atoms with van der Waals surface area (Å²) in [5, 5.41) is 7.50. The van der Waals surface area contributed by atoms with Crippen molar-refractivity contribution < 1.29 is 9.53 Å². The maximum atomic E-state index is 12.7. The number of nitrogens with one attached hydrogen (secondary N) is 1. The summed E-state index contributed by atoms with van der Waals surface area (Å²) < 4.78 is 7.31. The van der Waals surface area contributed by atoms with E-state index in [0.29, 0.717) is 19.6 Å². The highest BCUT2D eigenvalue weighted by Gasteiger charge is 2.30. The molecule has 3 rings (SSSR count). The molecular weight excluding hydrogens is 485 g/mol. The van der Waals surface area contributed by atoms with E-state index in [9.17, 15) is 4.79 Å². The second-order valence-corrected chi connectivity index (χ2v) is 7.93. The van der Waals surface area contributed by atoms with Crippen molar-refractivity contribution in [2.45, 2.75) is 26.3 Å². The normalized spacial score (nSPS) is 20.6. The first kappa shape index (κ1) is 23.9. The molecule has 0 spiro atoms. The minimum absolute atomic E-state index is 0. The highest BCUT2D eigenvalue weighted by molar-refractivity contribution is 14.0. The van der Waals surface area contributed by atoms with E-state index in [1.54, 1.807) is 15.8 Å². The molecule has 1 aromatic heterocycles. The summed E-state index contributed by atoms with van der Waals surface area (Å²) in [4.78, 5) is 23.7. The van der Waals surface area contributed by atoms with Crippen molar-refractivity contribution in [1.82, 2.24) is 24.9 Å².